The molecule has 0 aromatic rings. The lowest BCUT2D eigenvalue weighted by Gasteiger charge is -2.10. The van der Waals surface area contributed by atoms with E-state index in [1.54, 1.807) is 0 Å². The highest BCUT2D eigenvalue weighted by Crippen LogP contribution is 1.91. The third-order valence-corrected chi connectivity index (χ3v) is 2.37. The van der Waals surface area contributed by atoms with Crippen LogP contribution in [0.25, 0.3) is 0 Å². The van der Waals surface area contributed by atoms with Gasteiger partial charge in [0.15, 0.2) is 0 Å². The van der Waals surface area contributed by atoms with Gasteiger partial charge in [-0.15, -0.1) is 3.63 Å². The minimum atomic E-state index is -5.12. The van der Waals surface area contributed by atoms with Gasteiger partial charge in [-0.05, 0) is 0 Å². The monoisotopic (exact) mass is 300 g/mol. The fourth-order valence-electron chi connectivity index (χ4n) is 0.352. The van der Waals surface area contributed by atoms with E-state index in [1.165, 1.54) is 0 Å². The van der Waals surface area contributed by atoms with Crippen LogP contribution < -0.4 is 0 Å². The van der Waals surface area contributed by atoms with Crippen molar-refractivity contribution in [2.45, 2.75) is 12.2 Å². The minimum Gasteiger partial charge on any atom is -0.394 e. The molecule has 0 rings (SSSR count). The van der Waals surface area contributed by atoms with Crippen LogP contribution >= 0.6 is 0 Å². The molecule has 13 heteroatoms. The molecule has 0 bridgehead atoms. The molecule has 0 unspecified atom stereocenters. The number of hydrogen-bond donors (Lipinski definition) is 6. The van der Waals surface area contributed by atoms with Gasteiger partial charge in [0.25, 0.3) is 0 Å². The number of hydrogen-bond acceptors (Lipinski definition) is 9. The molecule has 2 atom stereocenters. The van der Waals surface area contributed by atoms with Gasteiger partial charge < -0.3 is 20.4 Å². The van der Waals surface area contributed by atoms with Gasteiger partial charge in [-0.2, -0.15) is 16.8 Å². The Bertz CT molecular complexity index is 344. The lowest BCUT2D eigenvalue weighted by Crippen LogP contribution is -2.31. The quantitative estimate of drug-likeness (QED) is 0.273. The molecule has 0 aliphatic heterocycles. The van der Waals surface area contributed by atoms with Crippen molar-refractivity contribution in [2.75, 3.05) is 13.2 Å². The SMILES string of the molecule is O=S(=O)(O)OS(=O)(=O)O.OC[C@@H](O)[C@@H](O)CO. The molecule has 0 aliphatic carbocycles. The Hall–Kier alpha value is -0.380. The molecule has 6 N–H and O–H groups in total. The van der Waals surface area contributed by atoms with Crippen LogP contribution in [0.3, 0.4) is 0 Å². The van der Waals surface area contributed by atoms with E-state index >= 15 is 0 Å². The summed E-state index contributed by atoms with van der Waals surface area (Å²) in [6, 6.07) is 0. The van der Waals surface area contributed by atoms with Crippen molar-refractivity contribution in [2.24, 2.45) is 0 Å². The van der Waals surface area contributed by atoms with E-state index in [9.17, 15) is 16.8 Å². The van der Waals surface area contributed by atoms with Gasteiger partial charge in [0.05, 0.1) is 13.2 Å². The molecule has 0 amide bonds. The maximum Gasteiger partial charge on any atom is 0.413 e. The van der Waals surface area contributed by atoms with Crippen LogP contribution in [-0.2, 0) is 24.4 Å². The average Bonchev–Trinajstić information content (AvgIpc) is 2.10. The summed E-state index contributed by atoms with van der Waals surface area (Å²) in [5, 5.41) is 33.2. The molecule has 0 saturated carbocycles. The van der Waals surface area contributed by atoms with Crippen molar-refractivity contribution in [3.05, 3.63) is 0 Å². The van der Waals surface area contributed by atoms with Crippen LogP contribution in [0.15, 0.2) is 0 Å². The predicted octanol–water partition coefficient (Wildman–Crippen LogP) is -3.70. The molecular formula is C4H12O11S2. The highest BCUT2D eigenvalue weighted by atomic mass is 32.3. The van der Waals surface area contributed by atoms with Gasteiger partial charge in [-0.1, -0.05) is 0 Å². The summed E-state index contributed by atoms with van der Waals surface area (Å²) in [5.74, 6) is 0. The summed E-state index contributed by atoms with van der Waals surface area (Å²) < 4.78 is 55.6. The van der Waals surface area contributed by atoms with E-state index < -0.39 is 46.2 Å². The van der Waals surface area contributed by atoms with Crippen LogP contribution in [-0.4, -0.2) is 71.8 Å². The van der Waals surface area contributed by atoms with Crippen LogP contribution in [0.5, 0.6) is 0 Å². The zero-order chi connectivity index (χ0) is 14.3. The summed E-state index contributed by atoms with van der Waals surface area (Å²) in [4.78, 5) is 0. The average molecular weight is 300 g/mol. The second kappa shape index (κ2) is 7.85. The van der Waals surface area contributed by atoms with E-state index in [0.717, 1.165) is 0 Å². The highest BCUT2D eigenvalue weighted by Gasteiger charge is 2.15. The summed E-state index contributed by atoms with van der Waals surface area (Å²) in [6.07, 6.45) is -2.44. The smallest absolute Gasteiger partial charge is 0.394 e. The molecule has 0 aromatic heterocycles. The molecular weight excluding hydrogens is 288 g/mol. The molecule has 0 aromatic carbocycles. The standard InChI is InChI=1S/C4H10O4.H2O7S2/c5-1-3(7)4(8)2-6;1-8(2,3)7-9(4,5)6/h3-8H,1-2H2;(H,1,2,3)(H,4,5,6)/t3-,4+;. The van der Waals surface area contributed by atoms with Crippen LogP contribution in [0, 0.1) is 0 Å². The zero-order valence-electron chi connectivity index (χ0n) is 8.11. The van der Waals surface area contributed by atoms with Gasteiger partial charge in [-0.3, -0.25) is 9.11 Å². The maximum absolute atomic E-state index is 9.44. The highest BCUT2D eigenvalue weighted by molar-refractivity contribution is 7.94. The molecule has 0 fully saturated rings. The summed E-state index contributed by atoms with van der Waals surface area (Å²) >= 11 is 0. The molecule has 106 valence electrons. The number of aliphatic hydroxyl groups excluding tert-OH is 4. The first-order valence-electron chi connectivity index (χ1n) is 3.66. The normalized spacial score (nSPS) is 15.6. The van der Waals surface area contributed by atoms with Gasteiger partial charge in [0, 0.05) is 0 Å². The van der Waals surface area contributed by atoms with Crippen molar-refractivity contribution in [1.82, 2.24) is 0 Å². The van der Waals surface area contributed by atoms with Crippen molar-refractivity contribution >= 4 is 20.8 Å². The molecule has 11 nitrogen and oxygen atoms in total. The largest absolute Gasteiger partial charge is 0.413 e. The zero-order valence-corrected chi connectivity index (χ0v) is 9.74. The fraction of sp³-hybridized carbons (Fsp3) is 1.00. The van der Waals surface area contributed by atoms with Crippen LogP contribution in [0.4, 0.5) is 0 Å². The van der Waals surface area contributed by atoms with Gasteiger partial charge in [0.2, 0.25) is 0 Å². The first kappa shape index (κ1) is 19.0. The fourth-order valence-corrected chi connectivity index (χ4v) is 1.22. The molecule has 17 heavy (non-hydrogen) atoms. The first-order valence-corrected chi connectivity index (χ1v) is 6.39. The molecule has 0 saturated heterocycles. The molecule has 0 heterocycles. The number of rotatable bonds is 5. The first-order chi connectivity index (χ1) is 7.43. The van der Waals surface area contributed by atoms with E-state index in [4.69, 9.17) is 29.5 Å². The van der Waals surface area contributed by atoms with Crippen molar-refractivity contribution in [3.8, 4) is 0 Å². The van der Waals surface area contributed by atoms with Crippen molar-refractivity contribution in [1.29, 1.82) is 0 Å². The Morgan fingerprint density at radius 2 is 1.06 bits per heavy atom. The summed E-state index contributed by atoms with van der Waals surface area (Å²) in [6.45, 7) is -1.05. The third-order valence-electron chi connectivity index (χ3n) is 0.990. The lowest BCUT2D eigenvalue weighted by atomic mass is 10.2. The lowest BCUT2D eigenvalue weighted by molar-refractivity contribution is -0.0388. The molecule has 0 aliphatic rings. The van der Waals surface area contributed by atoms with E-state index in [0.29, 0.717) is 0 Å². The van der Waals surface area contributed by atoms with E-state index in [-0.39, 0.29) is 0 Å². The Labute approximate surface area is 96.8 Å². The van der Waals surface area contributed by atoms with Gasteiger partial charge in [-0.25, -0.2) is 0 Å². The van der Waals surface area contributed by atoms with Crippen molar-refractivity contribution in [3.63, 3.8) is 0 Å². The van der Waals surface area contributed by atoms with E-state index in [2.05, 4.69) is 3.63 Å². The second-order valence-electron chi connectivity index (χ2n) is 2.42. The topological polar surface area (TPSA) is 199 Å². The molecule has 0 spiro atoms. The van der Waals surface area contributed by atoms with Gasteiger partial charge in [0.1, 0.15) is 12.2 Å². The Morgan fingerprint density at radius 3 is 1.12 bits per heavy atom. The second-order valence-corrected chi connectivity index (χ2v) is 4.68. The summed E-state index contributed by atoms with van der Waals surface area (Å²) in [7, 11) is -10.2. The Kier molecular flexibility index (Phi) is 8.76. The van der Waals surface area contributed by atoms with E-state index in [1.807, 2.05) is 0 Å². The maximum atomic E-state index is 9.44. The van der Waals surface area contributed by atoms with Crippen LogP contribution in [0.2, 0.25) is 0 Å². The van der Waals surface area contributed by atoms with Gasteiger partial charge >= 0.3 is 20.8 Å². The number of aliphatic hydroxyl groups is 4. The Morgan fingerprint density at radius 1 is 0.824 bits per heavy atom. The predicted molar refractivity (Wildman–Crippen MR) is 50.4 cm³/mol. The van der Waals surface area contributed by atoms with Crippen LogP contribution in [0.1, 0.15) is 0 Å². The van der Waals surface area contributed by atoms with Crippen molar-refractivity contribution < 1.29 is 50.0 Å². The Balaban J connectivity index is 0. The molecule has 0 radical (unpaired) electrons. The minimum absolute atomic E-state index is 0.526. The third kappa shape index (κ3) is 15.6. The summed E-state index contributed by atoms with van der Waals surface area (Å²) in [5.41, 5.74) is 0.